The van der Waals surface area contributed by atoms with Crippen LogP contribution in [0.3, 0.4) is 0 Å². The van der Waals surface area contributed by atoms with Gasteiger partial charge in [0.15, 0.2) is 11.4 Å². The van der Waals surface area contributed by atoms with Gasteiger partial charge in [0.1, 0.15) is 11.6 Å². The van der Waals surface area contributed by atoms with Gasteiger partial charge in [-0.15, -0.1) is 0 Å². The summed E-state index contributed by atoms with van der Waals surface area (Å²) >= 11 is 0. The molecular weight excluding hydrogens is 346 g/mol. The van der Waals surface area contributed by atoms with Gasteiger partial charge in [0, 0.05) is 11.4 Å². The van der Waals surface area contributed by atoms with Crippen molar-refractivity contribution in [2.45, 2.75) is 0 Å². The average molecular weight is 362 g/mol. The molecule has 0 atom stereocenters. The third-order valence-corrected chi connectivity index (χ3v) is 3.26. The first-order chi connectivity index (χ1) is 12.4. The van der Waals surface area contributed by atoms with E-state index in [1.807, 2.05) is 0 Å². The fourth-order valence-electron chi connectivity index (χ4n) is 1.99. The number of methoxy groups -OCH3 is 2. The van der Waals surface area contributed by atoms with Gasteiger partial charge < -0.3 is 20.1 Å². The SMILES string of the molecule is COC(=O)C(Nc1ccc(F)cc1)=C(Nc1ccc(F)cc1)C(=O)OC. The molecule has 2 rings (SSSR count). The molecule has 6 nitrogen and oxygen atoms in total. The van der Waals surface area contributed by atoms with Gasteiger partial charge in [-0.05, 0) is 48.5 Å². The minimum absolute atomic E-state index is 0.254. The first-order valence-corrected chi connectivity index (χ1v) is 7.40. The molecule has 136 valence electrons. The van der Waals surface area contributed by atoms with Crippen molar-refractivity contribution >= 4 is 23.3 Å². The van der Waals surface area contributed by atoms with Gasteiger partial charge in [0.05, 0.1) is 14.2 Å². The molecule has 0 aliphatic carbocycles. The average Bonchev–Trinajstić information content (AvgIpc) is 2.66. The summed E-state index contributed by atoms with van der Waals surface area (Å²) in [6.45, 7) is 0. The van der Waals surface area contributed by atoms with Crippen LogP contribution in [0.4, 0.5) is 20.2 Å². The first-order valence-electron chi connectivity index (χ1n) is 7.40. The van der Waals surface area contributed by atoms with Crippen LogP contribution >= 0.6 is 0 Å². The Hall–Kier alpha value is -3.42. The number of carbonyl (C=O) groups is 2. The summed E-state index contributed by atoms with van der Waals surface area (Å²) in [5.41, 5.74) is 0.175. The lowest BCUT2D eigenvalue weighted by Crippen LogP contribution is -2.24. The van der Waals surface area contributed by atoms with Gasteiger partial charge in [0.25, 0.3) is 0 Å². The van der Waals surface area contributed by atoms with E-state index in [-0.39, 0.29) is 11.4 Å². The van der Waals surface area contributed by atoms with Crippen LogP contribution in [0.15, 0.2) is 59.9 Å². The van der Waals surface area contributed by atoms with Crippen LogP contribution in [-0.4, -0.2) is 26.2 Å². The van der Waals surface area contributed by atoms with Gasteiger partial charge in [0.2, 0.25) is 0 Å². The fraction of sp³-hybridized carbons (Fsp3) is 0.111. The number of benzene rings is 2. The maximum atomic E-state index is 13.1. The number of esters is 2. The Labute approximate surface area is 148 Å². The van der Waals surface area contributed by atoms with E-state index in [0.717, 1.165) is 14.2 Å². The number of hydrogen-bond donors (Lipinski definition) is 2. The van der Waals surface area contributed by atoms with Crippen LogP contribution in [0.2, 0.25) is 0 Å². The molecule has 0 aromatic heterocycles. The van der Waals surface area contributed by atoms with Gasteiger partial charge in [-0.25, -0.2) is 18.4 Å². The van der Waals surface area contributed by atoms with Crippen molar-refractivity contribution in [3.63, 3.8) is 0 Å². The highest BCUT2D eigenvalue weighted by Crippen LogP contribution is 2.18. The molecule has 0 saturated heterocycles. The summed E-state index contributed by atoms with van der Waals surface area (Å²) < 4.78 is 35.5. The molecule has 0 bridgehead atoms. The molecule has 0 aliphatic heterocycles. The molecule has 0 fully saturated rings. The van der Waals surface area contributed by atoms with E-state index in [9.17, 15) is 18.4 Å². The van der Waals surface area contributed by atoms with E-state index in [0.29, 0.717) is 11.4 Å². The van der Waals surface area contributed by atoms with E-state index in [1.54, 1.807) is 0 Å². The van der Waals surface area contributed by atoms with Gasteiger partial charge in [-0.1, -0.05) is 0 Å². The quantitative estimate of drug-likeness (QED) is 0.608. The Kier molecular flexibility index (Phi) is 6.26. The standard InChI is InChI=1S/C18H16F2N2O4/c1-25-17(23)15(21-13-7-3-11(19)4-8-13)16(18(24)26-2)22-14-9-5-12(20)6-10-14/h3-10,21-22H,1-2H3. The van der Waals surface area contributed by atoms with E-state index < -0.39 is 23.6 Å². The molecule has 0 aliphatic rings. The fourth-order valence-corrected chi connectivity index (χ4v) is 1.99. The van der Waals surface area contributed by atoms with Crippen LogP contribution in [0, 0.1) is 11.6 Å². The lowest BCUT2D eigenvalue weighted by Gasteiger charge is -2.16. The monoisotopic (exact) mass is 362 g/mol. The predicted molar refractivity (Wildman–Crippen MR) is 91.1 cm³/mol. The van der Waals surface area contributed by atoms with Crippen molar-refractivity contribution in [3.05, 3.63) is 71.6 Å². The largest absolute Gasteiger partial charge is 0.464 e. The summed E-state index contributed by atoms with van der Waals surface area (Å²) in [5, 5.41) is 5.41. The zero-order valence-corrected chi connectivity index (χ0v) is 14.0. The molecular formula is C18H16F2N2O4. The smallest absolute Gasteiger partial charge is 0.356 e. The minimum Gasteiger partial charge on any atom is -0.464 e. The number of hydrogen-bond acceptors (Lipinski definition) is 6. The molecule has 8 heteroatoms. The molecule has 0 saturated carbocycles. The number of rotatable bonds is 6. The van der Waals surface area contributed by atoms with Crippen LogP contribution in [0.25, 0.3) is 0 Å². The summed E-state index contributed by atoms with van der Waals surface area (Å²) in [7, 11) is 2.28. The predicted octanol–water partition coefficient (Wildman–Crippen LogP) is 3.05. The number of ether oxygens (including phenoxy) is 2. The highest BCUT2D eigenvalue weighted by atomic mass is 19.1. The van der Waals surface area contributed by atoms with Crippen LogP contribution < -0.4 is 10.6 Å². The maximum absolute atomic E-state index is 13.1. The van der Waals surface area contributed by atoms with Crippen LogP contribution in [-0.2, 0) is 19.1 Å². The molecule has 26 heavy (non-hydrogen) atoms. The molecule has 0 spiro atoms. The number of anilines is 2. The molecule has 0 radical (unpaired) electrons. The van der Waals surface area contributed by atoms with Crippen LogP contribution in [0.1, 0.15) is 0 Å². The van der Waals surface area contributed by atoms with Crippen LogP contribution in [0.5, 0.6) is 0 Å². The van der Waals surface area contributed by atoms with Crippen molar-refractivity contribution in [1.29, 1.82) is 0 Å². The topological polar surface area (TPSA) is 76.7 Å². The Bertz CT molecular complexity index is 749. The summed E-state index contributed by atoms with van der Waals surface area (Å²) in [6.07, 6.45) is 0. The molecule has 2 N–H and O–H groups in total. The van der Waals surface area contributed by atoms with Crippen molar-refractivity contribution in [3.8, 4) is 0 Å². The minimum atomic E-state index is -0.857. The zero-order valence-electron chi connectivity index (χ0n) is 14.0. The van der Waals surface area contributed by atoms with Gasteiger partial charge >= 0.3 is 11.9 Å². The van der Waals surface area contributed by atoms with E-state index in [1.165, 1.54) is 48.5 Å². The molecule has 0 amide bonds. The van der Waals surface area contributed by atoms with Crippen molar-refractivity contribution < 1.29 is 27.8 Å². The number of halogens is 2. The molecule has 2 aromatic rings. The summed E-state index contributed by atoms with van der Waals surface area (Å²) in [4.78, 5) is 24.3. The van der Waals surface area contributed by atoms with Gasteiger partial charge in [-0.3, -0.25) is 0 Å². The Morgan fingerprint density at radius 3 is 1.27 bits per heavy atom. The normalized spacial score (nSPS) is 11.2. The third kappa shape index (κ3) is 4.79. The van der Waals surface area contributed by atoms with E-state index in [4.69, 9.17) is 9.47 Å². The summed E-state index contributed by atoms with van der Waals surface area (Å²) in [5.74, 6) is -2.64. The van der Waals surface area contributed by atoms with E-state index in [2.05, 4.69) is 10.6 Å². The number of carbonyl (C=O) groups excluding carboxylic acids is 2. The van der Waals surface area contributed by atoms with Gasteiger partial charge in [-0.2, -0.15) is 0 Å². The van der Waals surface area contributed by atoms with Crippen molar-refractivity contribution in [2.75, 3.05) is 24.9 Å². The Morgan fingerprint density at radius 1 is 0.692 bits per heavy atom. The Balaban J connectivity index is 2.46. The molecule has 0 unspecified atom stereocenters. The lowest BCUT2D eigenvalue weighted by molar-refractivity contribution is -0.139. The van der Waals surface area contributed by atoms with Crippen molar-refractivity contribution in [2.24, 2.45) is 0 Å². The second kappa shape index (κ2) is 8.61. The molecule has 2 aromatic carbocycles. The second-order valence-corrected chi connectivity index (χ2v) is 5.00. The highest BCUT2D eigenvalue weighted by Gasteiger charge is 2.23. The summed E-state index contributed by atoms with van der Waals surface area (Å²) in [6, 6.07) is 10.3. The number of nitrogens with one attached hydrogen (secondary N) is 2. The second-order valence-electron chi connectivity index (χ2n) is 5.00. The highest BCUT2D eigenvalue weighted by molar-refractivity contribution is 6.04. The maximum Gasteiger partial charge on any atom is 0.356 e. The molecule has 0 heterocycles. The third-order valence-electron chi connectivity index (χ3n) is 3.26. The van der Waals surface area contributed by atoms with E-state index >= 15 is 0 Å². The van der Waals surface area contributed by atoms with Crippen molar-refractivity contribution in [1.82, 2.24) is 0 Å². The lowest BCUT2D eigenvalue weighted by atomic mass is 10.2. The zero-order chi connectivity index (χ0) is 19.1. The Morgan fingerprint density at radius 2 is 1.00 bits per heavy atom. The first kappa shape index (κ1) is 18.9.